The Labute approximate surface area is 148 Å². The van der Waals surface area contributed by atoms with Crippen molar-refractivity contribution in [3.05, 3.63) is 71.6 Å². The van der Waals surface area contributed by atoms with E-state index in [1.54, 1.807) is 23.1 Å². The zero-order valence-corrected chi connectivity index (χ0v) is 14.5. The normalized spacial score (nSPS) is 15.7. The molecule has 25 heavy (non-hydrogen) atoms. The van der Waals surface area contributed by atoms with Crippen LogP contribution in [-0.4, -0.2) is 38.5 Å². The van der Waals surface area contributed by atoms with Crippen molar-refractivity contribution in [3.63, 3.8) is 0 Å². The summed E-state index contributed by atoms with van der Waals surface area (Å²) in [6, 6.07) is 14.4. The molecule has 0 saturated carbocycles. The van der Waals surface area contributed by atoms with Crippen LogP contribution in [0.5, 0.6) is 0 Å². The van der Waals surface area contributed by atoms with Crippen LogP contribution in [-0.2, 0) is 0 Å². The molecule has 1 aliphatic heterocycles. The van der Waals surface area contributed by atoms with Gasteiger partial charge in [-0.15, -0.1) is 0 Å². The number of piperazine rings is 1. The predicted molar refractivity (Wildman–Crippen MR) is 99.7 cm³/mol. The van der Waals surface area contributed by atoms with E-state index in [-0.39, 0.29) is 11.6 Å². The minimum absolute atomic E-state index is 0.186. The lowest BCUT2D eigenvalue weighted by Crippen LogP contribution is -3.14. The number of likely N-dealkylation sites (N-methyl/N-ethyl adjacent to an activating group) is 1. The smallest absolute Gasteiger partial charge is 0.185 e. The van der Waals surface area contributed by atoms with Gasteiger partial charge in [-0.2, -0.15) is 0 Å². The van der Waals surface area contributed by atoms with Gasteiger partial charge >= 0.3 is 0 Å². The number of carbonyl (C=O) groups is 1. The van der Waals surface area contributed by atoms with Gasteiger partial charge in [0.2, 0.25) is 0 Å². The van der Waals surface area contributed by atoms with Gasteiger partial charge in [-0.1, -0.05) is 36.4 Å². The van der Waals surface area contributed by atoms with Crippen LogP contribution in [0, 0.1) is 5.82 Å². The van der Waals surface area contributed by atoms with Crippen LogP contribution in [0.15, 0.2) is 54.6 Å². The van der Waals surface area contributed by atoms with Crippen LogP contribution in [0.25, 0.3) is 6.08 Å². The largest absolute Gasteiger partial charge is 0.358 e. The van der Waals surface area contributed by atoms with Crippen molar-refractivity contribution in [3.8, 4) is 0 Å². The second kappa shape index (κ2) is 8.08. The zero-order chi connectivity index (χ0) is 17.6. The highest BCUT2D eigenvalue weighted by Gasteiger charge is 2.21. The second-order valence-electron chi connectivity index (χ2n) is 6.37. The van der Waals surface area contributed by atoms with Gasteiger partial charge in [0.05, 0.1) is 38.4 Å². The number of ketones is 1. The van der Waals surface area contributed by atoms with Crippen molar-refractivity contribution in [2.45, 2.75) is 6.92 Å². The van der Waals surface area contributed by atoms with Crippen molar-refractivity contribution in [2.75, 3.05) is 37.6 Å². The molecule has 0 spiro atoms. The Bertz CT molecular complexity index is 750. The third-order valence-electron chi connectivity index (χ3n) is 4.77. The lowest BCUT2D eigenvalue weighted by Gasteiger charge is -2.33. The van der Waals surface area contributed by atoms with Gasteiger partial charge in [0, 0.05) is 5.56 Å². The molecule has 2 aromatic rings. The van der Waals surface area contributed by atoms with Crippen LogP contribution in [0.1, 0.15) is 22.8 Å². The number of anilines is 1. The summed E-state index contributed by atoms with van der Waals surface area (Å²) in [5, 5.41) is 0. The molecule has 0 radical (unpaired) electrons. The lowest BCUT2D eigenvalue weighted by atomic mass is 10.1. The summed E-state index contributed by atoms with van der Waals surface area (Å²) < 4.78 is 14.5. The third-order valence-corrected chi connectivity index (χ3v) is 4.77. The van der Waals surface area contributed by atoms with E-state index in [9.17, 15) is 9.18 Å². The maximum Gasteiger partial charge on any atom is 0.185 e. The van der Waals surface area contributed by atoms with Crippen LogP contribution in [0.3, 0.4) is 0 Å². The lowest BCUT2D eigenvalue weighted by molar-refractivity contribution is -0.898. The topological polar surface area (TPSA) is 24.8 Å². The SMILES string of the molecule is CC[NH+]1CCN(c2ccc(C(=O)/C=C/c3ccccc3)cc2F)CC1. The number of nitrogens with one attached hydrogen (secondary N) is 1. The average molecular weight is 339 g/mol. The molecule has 1 aliphatic rings. The number of hydrogen-bond acceptors (Lipinski definition) is 2. The van der Waals surface area contributed by atoms with Crippen LogP contribution >= 0.6 is 0 Å². The van der Waals surface area contributed by atoms with E-state index in [2.05, 4.69) is 11.8 Å². The van der Waals surface area contributed by atoms with Gasteiger partial charge in [-0.05, 0) is 36.8 Å². The molecule has 4 heteroatoms. The molecule has 3 nitrogen and oxygen atoms in total. The molecule has 2 aromatic carbocycles. The Morgan fingerprint density at radius 1 is 1.16 bits per heavy atom. The fourth-order valence-corrected chi connectivity index (χ4v) is 3.17. The number of benzene rings is 2. The predicted octanol–water partition coefficient (Wildman–Crippen LogP) is 2.45. The molecule has 1 saturated heterocycles. The number of allylic oxidation sites excluding steroid dienone is 1. The summed E-state index contributed by atoms with van der Waals surface area (Å²) in [4.78, 5) is 15.9. The molecule has 1 N–H and O–H groups in total. The number of halogens is 1. The number of carbonyl (C=O) groups excluding carboxylic acids is 1. The van der Waals surface area contributed by atoms with E-state index >= 15 is 0 Å². The summed E-state index contributed by atoms with van der Waals surface area (Å²) >= 11 is 0. The van der Waals surface area contributed by atoms with Gasteiger partial charge < -0.3 is 9.80 Å². The van der Waals surface area contributed by atoms with E-state index < -0.39 is 0 Å². The van der Waals surface area contributed by atoms with Crippen molar-refractivity contribution in [2.24, 2.45) is 0 Å². The maximum absolute atomic E-state index is 14.5. The first-order chi connectivity index (χ1) is 12.2. The maximum atomic E-state index is 14.5. The van der Waals surface area contributed by atoms with Crippen molar-refractivity contribution < 1.29 is 14.1 Å². The second-order valence-corrected chi connectivity index (χ2v) is 6.37. The molecule has 0 aliphatic carbocycles. The van der Waals surface area contributed by atoms with Crippen LogP contribution < -0.4 is 9.80 Å². The molecule has 0 aromatic heterocycles. The number of hydrogen-bond donors (Lipinski definition) is 1. The average Bonchev–Trinajstić information content (AvgIpc) is 2.67. The van der Waals surface area contributed by atoms with Crippen LogP contribution in [0.2, 0.25) is 0 Å². The van der Waals surface area contributed by atoms with Gasteiger partial charge in [0.25, 0.3) is 0 Å². The minimum atomic E-state index is -0.320. The first-order valence-corrected chi connectivity index (χ1v) is 8.83. The molecule has 0 unspecified atom stereocenters. The minimum Gasteiger partial charge on any atom is -0.358 e. The molecular formula is C21H24FN2O+. The Hall–Kier alpha value is -2.46. The highest BCUT2D eigenvalue weighted by Crippen LogP contribution is 2.21. The zero-order valence-electron chi connectivity index (χ0n) is 14.5. The van der Waals surface area contributed by atoms with E-state index in [1.807, 2.05) is 30.3 Å². The quantitative estimate of drug-likeness (QED) is 0.669. The Kier molecular flexibility index (Phi) is 5.61. The monoisotopic (exact) mass is 339 g/mol. The van der Waals surface area contributed by atoms with Gasteiger partial charge in [0.15, 0.2) is 5.78 Å². The first kappa shape index (κ1) is 17.4. The summed E-state index contributed by atoms with van der Waals surface area (Å²) in [6.45, 7) is 7.03. The highest BCUT2D eigenvalue weighted by molar-refractivity contribution is 6.07. The number of rotatable bonds is 5. The van der Waals surface area contributed by atoms with E-state index in [4.69, 9.17) is 0 Å². The molecule has 0 amide bonds. The third kappa shape index (κ3) is 4.34. The first-order valence-electron chi connectivity index (χ1n) is 8.83. The van der Waals surface area contributed by atoms with Crippen LogP contribution in [0.4, 0.5) is 10.1 Å². The molecule has 3 rings (SSSR count). The van der Waals surface area contributed by atoms with E-state index in [1.165, 1.54) is 12.1 Å². The Balaban J connectivity index is 1.69. The fourth-order valence-electron chi connectivity index (χ4n) is 3.17. The number of nitrogens with zero attached hydrogens (tertiary/aromatic N) is 1. The molecule has 1 heterocycles. The summed E-state index contributed by atoms with van der Waals surface area (Å²) in [7, 11) is 0. The Morgan fingerprint density at radius 3 is 2.52 bits per heavy atom. The highest BCUT2D eigenvalue weighted by atomic mass is 19.1. The number of quaternary nitrogens is 1. The van der Waals surface area contributed by atoms with Crippen molar-refractivity contribution in [1.29, 1.82) is 0 Å². The van der Waals surface area contributed by atoms with Crippen molar-refractivity contribution >= 4 is 17.5 Å². The van der Waals surface area contributed by atoms with E-state index in [0.29, 0.717) is 11.3 Å². The van der Waals surface area contributed by atoms with Gasteiger partial charge in [-0.25, -0.2) is 4.39 Å². The molecule has 1 fully saturated rings. The van der Waals surface area contributed by atoms with Crippen molar-refractivity contribution in [1.82, 2.24) is 0 Å². The van der Waals surface area contributed by atoms with Gasteiger partial charge in [0.1, 0.15) is 5.82 Å². The standard InChI is InChI=1S/C21H23FN2O/c1-2-23-12-14-24(15-13-23)20-10-9-18(16-19(20)22)21(25)11-8-17-6-4-3-5-7-17/h3-11,16H,2,12-15H2,1H3/p+1/b11-8+. The van der Waals surface area contributed by atoms with Gasteiger partial charge in [-0.3, -0.25) is 4.79 Å². The summed E-state index contributed by atoms with van der Waals surface area (Å²) in [5.41, 5.74) is 1.93. The molecule has 130 valence electrons. The summed E-state index contributed by atoms with van der Waals surface area (Å²) in [5.74, 6) is -0.506. The molecular weight excluding hydrogens is 315 g/mol. The van der Waals surface area contributed by atoms with E-state index in [0.717, 1.165) is 38.3 Å². The molecule has 0 bridgehead atoms. The Morgan fingerprint density at radius 2 is 1.88 bits per heavy atom. The summed E-state index contributed by atoms with van der Waals surface area (Å²) in [6.07, 6.45) is 3.24. The fraction of sp³-hybridized carbons (Fsp3) is 0.286. The molecule has 0 atom stereocenters.